The maximum absolute atomic E-state index is 13.7. The summed E-state index contributed by atoms with van der Waals surface area (Å²) in [5, 5.41) is 0. The van der Waals surface area contributed by atoms with Crippen LogP contribution in [0.5, 0.6) is 5.75 Å². The average molecular weight is 460 g/mol. The Kier molecular flexibility index (Phi) is 6.82. The molecule has 2 unspecified atom stereocenters. The number of likely N-dealkylation sites (tertiary alicyclic amines) is 1. The van der Waals surface area contributed by atoms with Gasteiger partial charge in [-0.15, -0.1) is 0 Å². The summed E-state index contributed by atoms with van der Waals surface area (Å²) in [6.07, 6.45) is 7.00. The van der Waals surface area contributed by atoms with Crippen LogP contribution < -0.4 is 14.7 Å². The Morgan fingerprint density at radius 1 is 1.06 bits per heavy atom. The summed E-state index contributed by atoms with van der Waals surface area (Å²) in [5.74, 6) is -1.73. The number of ether oxygens (including phenoxy) is 1. The van der Waals surface area contributed by atoms with Crippen molar-refractivity contribution in [1.29, 1.82) is 0 Å². The SMILES string of the molecule is Cc1cc(C(=O)C2C(=O)C(=O)N(Cc3ccc[nH+]c3)C2c2cc[nH+]cc2)ccc1OCC(C)C. The number of aromatic amines is 2. The fraction of sp³-hybridized carbons (Fsp3) is 0.296. The summed E-state index contributed by atoms with van der Waals surface area (Å²) in [4.78, 5) is 47.4. The molecular formula is C27H29N3O4+2. The second-order valence-electron chi connectivity index (χ2n) is 9.01. The van der Waals surface area contributed by atoms with Crippen molar-refractivity contribution in [3.63, 3.8) is 0 Å². The van der Waals surface area contributed by atoms with Gasteiger partial charge >= 0.3 is 0 Å². The first-order valence-corrected chi connectivity index (χ1v) is 11.4. The van der Waals surface area contributed by atoms with Gasteiger partial charge in [0.25, 0.3) is 5.91 Å². The van der Waals surface area contributed by atoms with Crippen LogP contribution >= 0.6 is 0 Å². The number of carbonyl (C=O) groups excluding carboxylic acids is 3. The van der Waals surface area contributed by atoms with Gasteiger partial charge in [-0.1, -0.05) is 13.8 Å². The van der Waals surface area contributed by atoms with Crippen molar-refractivity contribution in [2.45, 2.75) is 33.4 Å². The molecule has 1 fully saturated rings. The summed E-state index contributed by atoms with van der Waals surface area (Å²) < 4.78 is 5.82. The number of H-pyrrole nitrogens is 2. The third kappa shape index (κ3) is 4.73. The number of rotatable bonds is 8. The topological polar surface area (TPSA) is 92.0 Å². The number of aryl methyl sites for hydroxylation is 1. The number of hydrogen-bond acceptors (Lipinski definition) is 4. The summed E-state index contributed by atoms with van der Waals surface area (Å²) in [6.45, 7) is 6.79. The zero-order valence-electron chi connectivity index (χ0n) is 19.6. The third-order valence-electron chi connectivity index (χ3n) is 5.93. The molecule has 0 bridgehead atoms. The lowest BCUT2D eigenvalue weighted by Crippen LogP contribution is -2.31. The van der Waals surface area contributed by atoms with E-state index in [0.29, 0.717) is 23.8 Å². The van der Waals surface area contributed by atoms with Crippen LogP contribution in [0.1, 0.15) is 46.9 Å². The van der Waals surface area contributed by atoms with E-state index in [9.17, 15) is 14.4 Å². The van der Waals surface area contributed by atoms with Gasteiger partial charge in [0.15, 0.2) is 30.6 Å². The molecule has 0 aliphatic carbocycles. The van der Waals surface area contributed by atoms with E-state index in [1.165, 1.54) is 4.90 Å². The van der Waals surface area contributed by atoms with Gasteiger partial charge in [0.2, 0.25) is 5.78 Å². The van der Waals surface area contributed by atoms with Gasteiger partial charge in [-0.2, -0.15) is 0 Å². The standard InChI is InChI=1S/C27H27N3O4/c1-17(2)16-34-22-7-6-21(13-18(22)3)25(31)23-24(20-8-11-28-12-9-20)30(27(33)26(23)32)15-19-5-4-10-29-14-19/h4-14,17,23-24H,15-16H2,1-3H3/p+2. The summed E-state index contributed by atoms with van der Waals surface area (Å²) in [7, 11) is 0. The number of hydrogen-bond donors (Lipinski definition) is 0. The van der Waals surface area contributed by atoms with Crippen LogP contribution in [0.2, 0.25) is 0 Å². The van der Waals surface area contributed by atoms with Crippen molar-refractivity contribution >= 4 is 17.5 Å². The predicted octanol–water partition coefficient (Wildman–Crippen LogP) is 2.81. The molecule has 0 saturated carbocycles. The first-order chi connectivity index (χ1) is 16.4. The molecule has 0 radical (unpaired) electrons. The molecule has 1 saturated heterocycles. The largest absolute Gasteiger partial charge is 0.493 e. The van der Waals surface area contributed by atoms with Crippen molar-refractivity contribution < 1.29 is 29.1 Å². The van der Waals surface area contributed by atoms with E-state index in [-0.39, 0.29) is 12.3 Å². The molecule has 3 heterocycles. The Hall–Kier alpha value is -3.87. The quantitative estimate of drug-likeness (QED) is 0.294. The van der Waals surface area contributed by atoms with E-state index in [2.05, 4.69) is 23.8 Å². The molecule has 2 aromatic heterocycles. The smallest absolute Gasteiger partial charge is 0.291 e. The summed E-state index contributed by atoms with van der Waals surface area (Å²) in [5.41, 5.74) is 2.77. The normalized spacial score (nSPS) is 17.9. The lowest BCUT2D eigenvalue weighted by Gasteiger charge is -2.26. The number of nitrogens with one attached hydrogen (secondary N) is 2. The minimum atomic E-state index is -1.12. The molecule has 1 amide bonds. The van der Waals surface area contributed by atoms with Gasteiger partial charge in [-0.25, -0.2) is 9.97 Å². The number of carbonyl (C=O) groups is 3. The number of ketones is 2. The molecule has 2 atom stereocenters. The average Bonchev–Trinajstić information content (AvgIpc) is 3.09. The van der Waals surface area contributed by atoms with Crippen LogP contribution in [0.25, 0.3) is 0 Å². The first-order valence-electron chi connectivity index (χ1n) is 11.4. The Labute approximate surface area is 198 Å². The van der Waals surface area contributed by atoms with Crippen LogP contribution in [0.15, 0.2) is 67.3 Å². The second kappa shape index (κ2) is 9.95. The molecule has 34 heavy (non-hydrogen) atoms. The number of Topliss-reactive ketones (excluding diaryl/α,β-unsaturated/α-hetero) is 2. The Balaban J connectivity index is 1.69. The molecule has 0 spiro atoms. The van der Waals surface area contributed by atoms with Crippen LogP contribution in [-0.2, 0) is 16.1 Å². The number of pyridine rings is 2. The van der Waals surface area contributed by atoms with E-state index < -0.39 is 23.7 Å². The molecule has 3 aromatic rings. The van der Waals surface area contributed by atoms with Crippen LogP contribution in [0.3, 0.4) is 0 Å². The zero-order chi connectivity index (χ0) is 24.2. The number of nitrogens with zero attached hydrogens (tertiary/aromatic N) is 1. The lowest BCUT2D eigenvalue weighted by atomic mass is 9.86. The van der Waals surface area contributed by atoms with E-state index >= 15 is 0 Å². The molecule has 7 heteroatoms. The van der Waals surface area contributed by atoms with E-state index in [1.54, 1.807) is 55.1 Å². The van der Waals surface area contributed by atoms with E-state index in [4.69, 9.17) is 4.74 Å². The molecule has 2 N–H and O–H groups in total. The number of aromatic nitrogens is 2. The number of amides is 1. The van der Waals surface area contributed by atoms with Crippen molar-refractivity contribution in [3.8, 4) is 5.75 Å². The summed E-state index contributed by atoms with van der Waals surface area (Å²) >= 11 is 0. The molecule has 1 aliphatic heterocycles. The monoisotopic (exact) mass is 459 g/mol. The minimum absolute atomic E-state index is 0.218. The van der Waals surface area contributed by atoms with Crippen LogP contribution in [0.4, 0.5) is 0 Å². The van der Waals surface area contributed by atoms with Crippen molar-refractivity contribution in [3.05, 3.63) is 89.5 Å². The molecule has 4 rings (SSSR count). The highest BCUT2D eigenvalue weighted by molar-refractivity contribution is 6.44. The zero-order valence-corrected chi connectivity index (χ0v) is 19.6. The van der Waals surface area contributed by atoms with Gasteiger partial charge in [-0.3, -0.25) is 14.4 Å². The maximum atomic E-state index is 13.7. The van der Waals surface area contributed by atoms with E-state index in [1.807, 2.05) is 19.1 Å². The highest BCUT2D eigenvalue weighted by Gasteiger charge is 2.51. The highest BCUT2D eigenvalue weighted by atomic mass is 16.5. The van der Waals surface area contributed by atoms with Crippen molar-refractivity contribution in [2.24, 2.45) is 11.8 Å². The molecule has 174 valence electrons. The summed E-state index contributed by atoms with van der Waals surface area (Å²) in [6, 6.07) is 11.8. The van der Waals surface area contributed by atoms with Gasteiger partial charge < -0.3 is 9.64 Å². The fourth-order valence-corrected chi connectivity index (χ4v) is 4.25. The third-order valence-corrected chi connectivity index (χ3v) is 5.93. The van der Waals surface area contributed by atoms with Gasteiger partial charge in [0.1, 0.15) is 11.7 Å². The first kappa shape index (κ1) is 23.3. The highest BCUT2D eigenvalue weighted by Crippen LogP contribution is 2.39. The van der Waals surface area contributed by atoms with Gasteiger partial charge in [0.05, 0.1) is 19.2 Å². The lowest BCUT2D eigenvalue weighted by molar-refractivity contribution is -0.379. The van der Waals surface area contributed by atoms with Crippen molar-refractivity contribution in [2.75, 3.05) is 6.61 Å². The minimum Gasteiger partial charge on any atom is -0.493 e. The Bertz CT molecular complexity index is 1200. The van der Waals surface area contributed by atoms with Crippen LogP contribution in [0, 0.1) is 18.8 Å². The number of benzene rings is 1. The van der Waals surface area contributed by atoms with Crippen molar-refractivity contribution in [1.82, 2.24) is 4.90 Å². The van der Waals surface area contributed by atoms with Gasteiger partial charge in [0, 0.05) is 29.3 Å². The van der Waals surface area contributed by atoms with Gasteiger partial charge in [-0.05, 0) is 48.2 Å². The van der Waals surface area contributed by atoms with E-state index in [0.717, 1.165) is 16.7 Å². The maximum Gasteiger partial charge on any atom is 0.291 e. The Morgan fingerprint density at radius 2 is 1.82 bits per heavy atom. The molecular weight excluding hydrogens is 430 g/mol. The molecule has 1 aromatic carbocycles. The molecule has 7 nitrogen and oxygen atoms in total. The Morgan fingerprint density at radius 3 is 2.47 bits per heavy atom. The second-order valence-corrected chi connectivity index (χ2v) is 9.01. The molecule has 1 aliphatic rings. The van der Waals surface area contributed by atoms with Crippen LogP contribution in [-0.4, -0.2) is 29.0 Å². The fourth-order valence-electron chi connectivity index (χ4n) is 4.25. The predicted molar refractivity (Wildman–Crippen MR) is 124 cm³/mol.